The van der Waals surface area contributed by atoms with Crippen molar-refractivity contribution in [1.82, 2.24) is 20.0 Å². The Balaban J connectivity index is 1.95. The van der Waals surface area contributed by atoms with Gasteiger partial charge in [-0.1, -0.05) is 6.92 Å². The third kappa shape index (κ3) is 3.81. The van der Waals surface area contributed by atoms with Crippen LogP contribution in [0.4, 0.5) is 0 Å². The van der Waals surface area contributed by atoms with Crippen LogP contribution < -0.4 is 10.6 Å². The molecule has 3 heterocycles. The van der Waals surface area contributed by atoms with E-state index in [0.717, 1.165) is 40.6 Å². The molecule has 142 valence electrons. The molecule has 1 aliphatic heterocycles. The number of carbonyl (C=O) groups is 1. The second kappa shape index (κ2) is 6.64. The average Bonchev–Trinajstić information content (AvgIpc) is 2.82. The van der Waals surface area contributed by atoms with Crippen molar-refractivity contribution in [1.29, 1.82) is 0 Å². The average molecular weight is 421 g/mol. The van der Waals surface area contributed by atoms with Gasteiger partial charge in [-0.05, 0) is 81.4 Å². The summed E-state index contributed by atoms with van der Waals surface area (Å²) in [6.07, 6.45) is 4.47. The van der Waals surface area contributed by atoms with Crippen molar-refractivity contribution >= 4 is 27.5 Å². The third-order valence-corrected chi connectivity index (χ3v) is 5.45. The molecule has 26 heavy (non-hydrogen) atoms. The Kier molecular flexibility index (Phi) is 4.95. The van der Waals surface area contributed by atoms with Crippen LogP contribution in [0.15, 0.2) is 16.7 Å². The van der Waals surface area contributed by atoms with E-state index in [1.54, 1.807) is 0 Å². The Morgan fingerprint density at radius 2 is 1.96 bits per heavy atom. The summed E-state index contributed by atoms with van der Waals surface area (Å²) in [5, 5.41) is 6.95. The van der Waals surface area contributed by atoms with Crippen molar-refractivity contribution in [3.05, 3.63) is 33.7 Å². The fourth-order valence-electron chi connectivity index (χ4n) is 4.48. The van der Waals surface area contributed by atoms with Crippen molar-refractivity contribution in [3.8, 4) is 0 Å². The topological polar surface area (TPSA) is 58.4 Å². The summed E-state index contributed by atoms with van der Waals surface area (Å²) in [6, 6.07) is 2.17. The largest absolute Gasteiger partial charge is 0.348 e. The van der Waals surface area contributed by atoms with Gasteiger partial charge >= 0.3 is 0 Å². The number of nitrogens with zero attached hydrogens (tertiary/aromatic N) is 2. The molecule has 2 N–H and O–H groups in total. The standard InChI is InChI=1S/C20H29BrN4O/c1-7-15-16(25-11-13(21)8-12(2)17(25)23-15)18(26)22-14-9-19(3,4)24-20(5,6)10-14/h8,11,14,24H,7,9-10H2,1-6H3,(H,22,26). The number of carbonyl (C=O) groups excluding carboxylic acids is 1. The smallest absolute Gasteiger partial charge is 0.270 e. The maximum atomic E-state index is 13.2. The molecule has 1 saturated heterocycles. The van der Waals surface area contributed by atoms with Gasteiger partial charge in [0.15, 0.2) is 0 Å². The SMILES string of the molecule is CCc1nc2c(C)cc(Br)cn2c1C(=O)NC1CC(C)(C)NC(C)(C)C1. The lowest BCUT2D eigenvalue weighted by molar-refractivity contribution is 0.0866. The quantitative estimate of drug-likeness (QED) is 0.788. The minimum absolute atomic E-state index is 0.00756. The molecular formula is C20H29BrN4O. The van der Waals surface area contributed by atoms with E-state index >= 15 is 0 Å². The first-order valence-electron chi connectivity index (χ1n) is 9.28. The lowest BCUT2D eigenvalue weighted by atomic mass is 9.79. The second-order valence-electron chi connectivity index (χ2n) is 8.77. The predicted molar refractivity (Wildman–Crippen MR) is 109 cm³/mol. The molecule has 0 bridgehead atoms. The van der Waals surface area contributed by atoms with E-state index < -0.39 is 0 Å². The summed E-state index contributed by atoms with van der Waals surface area (Å²) in [4.78, 5) is 17.9. The summed E-state index contributed by atoms with van der Waals surface area (Å²) >= 11 is 3.54. The number of pyridine rings is 1. The molecule has 1 aliphatic rings. The molecule has 1 fully saturated rings. The third-order valence-electron chi connectivity index (χ3n) is 5.02. The molecule has 1 amide bonds. The number of hydrogen-bond donors (Lipinski definition) is 2. The van der Waals surface area contributed by atoms with E-state index in [-0.39, 0.29) is 23.0 Å². The first kappa shape index (κ1) is 19.4. The van der Waals surface area contributed by atoms with Gasteiger partial charge in [-0.15, -0.1) is 0 Å². The molecule has 6 heteroatoms. The number of nitrogens with one attached hydrogen (secondary N) is 2. The van der Waals surface area contributed by atoms with Crippen LogP contribution in [-0.4, -0.2) is 32.4 Å². The number of hydrogen-bond acceptors (Lipinski definition) is 3. The lowest BCUT2D eigenvalue weighted by Gasteiger charge is -2.46. The zero-order chi connectivity index (χ0) is 19.3. The first-order valence-corrected chi connectivity index (χ1v) is 10.1. The van der Waals surface area contributed by atoms with E-state index in [1.165, 1.54) is 0 Å². The number of amides is 1. The summed E-state index contributed by atoms with van der Waals surface area (Å²) < 4.78 is 2.87. The Morgan fingerprint density at radius 3 is 2.54 bits per heavy atom. The van der Waals surface area contributed by atoms with Gasteiger partial charge in [0.1, 0.15) is 11.3 Å². The number of fused-ring (bicyclic) bond motifs is 1. The molecule has 2 aromatic heterocycles. The number of piperidine rings is 1. The van der Waals surface area contributed by atoms with Gasteiger partial charge in [0.2, 0.25) is 0 Å². The van der Waals surface area contributed by atoms with E-state index in [0.29, 0.717) is 5.69 Å². The highest BCUT2D eigenvalue weighted by Crippen LogP contribution is 2.29. The van der Waals surface area contributed by atoms with Gasteiger partial charge in [-0.2, -0.15) is 0 Å². The molecule has 0 unspecified atom stereocenters. The minimum atomic E-state index is -0.0367. The molecule has 0 saturated carbocycles. The predicted octanol–water partition coefficient (Wildman–Crippen LogP) is 4.01. The van der Waals surface area contributed by atoms with E-state index in [2.05, 4.69) is 54.3 Å². The highest BCUT2D eigenvalue weighted by molar-refractivity contribution is 9.10. The van der Waals surface area contributed by atoms with Crippen LogP contribution in [0.3, 0.4) is 0 Å². The van der Waals surface area contributed by atoms with Crippen LogP contribution in [0.1, 0.15) is 69.2 Å². The number of aromatic nitrogens is 2. The Labute approximate surface area is 164 Å². The maximum Gasteiger partial charge on any atom is 0.270 e. The summed E-state index contributed by atoms with van der Waals surface area (Å²) in [5.74, 6) is -0.0367. The minimum Gasteiger partial charge on any atom is -0.348 e. The highest BCUT2D eigenvalue weighted by Gasteiger charge is 2.38. The summed E-state index contributed by atoms with van der Waals surface area (Å²) in [5.41, 5.74) is 3.38. The molecule has 2 aromatic rings. The second-order valence-corrected chi connectivity index (χ2v) is 9.68. The Hall–Kier alpha value is -1.40. The maximum absolute atomic E-state index is 13.2. The lowest BCUT2D eigenvalue weighted by Crippen LogP contribution is -2.62. The van der Waals surface area contributed by atoms with Crippen LogP contribution >= 0.6 is 15.9 Å². The zero-order valence-corrected chi connectivity index (χ0v) is 18.1. The molecule has 0 spiro atoms. The van der Waals surface area contributed by atoms with Crippen LogP contribution in [0.5, 0.6) is 0 Å². The van der Waals surface area contributed by atoms with Gasteiger partial charge in [-0.3, -0.25) is 9.20 Å². The van der Waals surface area contributed by atoms with Crippen molar-refractivity contribution in [2.24, 2.45) is 0 Å². The van der Waals surface area contributed by atoms with Crippen molar-refractivity contribution < 1.29 is 4.79 Å². The first-order chi connectivity index (χ1) is 12.0. The number of imidazole rings is 1. The van der Waals surface area contributed by atoms with Crippen LogP contribution in [0.25, 0.3) is 5.65 Å². The molecule has 3 rings (SSSR count). The summed E-state index contributed by atoms with van der Waals surface area (Å²) in [7, 11) is 0. The normalized spacial score (nSPS) is 19.7. The van der Waals surface area contributed by atoms with Gasteiger partial charge in [0, 0.05) is 27.8 Å². The zero-order valence-electron chi connectivity index (χ0n) is 16.5. The number of halogens is 1. The molecule has 0 aromatic carbocycles. The van der Waals surface area contributed by atoms with Crippen molar-refractivity contribution in [2.75, 3.05) is 0 Å². The number of aryl methyl sites for hydroxylation is 2. The van der Waals surface area contributed by atoms with Crippen LogP contribution in [0, 0.1) is 6.92 Å². The Bertz CT molecular complexity index is 837. The molecule has 0 atom stereocenters. The van der Waals surface area contributed by atoms with Crippen molar-refractivity contribution in [2.45, 2.75) is 77.9 Å². The van der Waals surface area contributed by atoms with Gasteiger partial charge in [-0.25, -0.2) is 4.98 Å². The van der Waals surface area contributed by atoms with Gasteiger partial charge in [0.05, 0.1) is 5.69 Å². The molecule has 0 aliphatic carbocycles. The Morgan fingerprint density at radius 1 is 1.35 bits per heavy atom. The monoisotopic (exact) mass is 420 g/mol. The fourth-order valence-corrected chi connectivity index (χ4v) is 5.03. The highest BCUT2D eigenvalue weighted by atomic mass is 79.9. The molecular weight excluding hydrogens is 392 g/mol. The molecule has 0 radical (unpaired) electrons. The summed E-state index contributed by atoms with van der Waals surface area (Å²) in [6.45, 7) is 12.8. The van der Waals surface area contributed by atoms with Crippen LogP contribution in [-0.2, 0) is 6.42 Å². The van der Waals surface area contributed by atoms with Gasteiger partial charge in [0.25, 0.3) is 5.91 Å². The van der Waals surface area contributed by atoms with Crippen LogP contribution in [0.2, 0.25) is 0 Å². The van der Waals surface area contributed by atoms with Gasteiger partial charge < -0.3 is 10.6 Å². The van der Waals surface area contributed by atoms with E-state index in [4.69, 9.17) is 4.98 Å². The van der Waals surface area contributed by atoms with Crippen molar-refractivity contribution in [3.63, 3.8) is 0 Å². The van der Waals surface area contributed by atoms with E-state index in [9.17, 15) is 4.79 Å². The molecule has 5 nitrogen and oxygen atoms in total. The fraction of sp³-hybridized carbons (Fsp3) is 0.600. The van der Waals surface area contributed by atoms with E-state index in [1.807, 2.05) is 30.5 Å². The number of rotatable bonds is 3.